The molecule has 1 aromatic carbocycles. The Morgan fingerprint density at radius 3 is 2.39 bits per heavy atom. The average molecular weight is 250 g/mol. The van der Waals surface area contributed by atoms with E-state index >= 15 is 0 Å². The Morgan fingerprint density at radius 2 is 1.78 bits per heavy atom. The highest BCUT2D eigenvalue weighted by molar-refractivity contribution is 5.97. The van der Waals surface area contributed by atoms with E-state index in [-0.39, 0.29) is 24.3 Å². The quantitative estimate of drug-likeness (QED) is 0.609. The lowest BCUT2D eigenvalue weighted by molar-refractivity contribution is -0.147. The van der Waals surface area contributed by atoms with E-state index < -0.39 is 5.82 Å². The summed E-state index contributed by atoms with van der Waals surface area (Å²) in [4.78, 5) is 23.3. The van der Waals surface area contributed by atoms with Gasteiger partial charge in [-0.1, -0.05) is 12.8 Å². The molecule has 2 rings (SSSR count). The number of hydrogen-bond acceptors (Lipinski definition) is 3. The third-order valence-corrected chi connectivity index (χ3v) is 3.20. The first-order valence-electron chi connectivity index (χ1n) is 6.12. The van der Waals surface area contributed by atoms with E-state index in [0.29, 0.717) is 5.56 Å². The maximum absolute atomic E-state index is 12.7. The van der Waals surface area contributed by atoms with Crippen molar-refractivity contribution < 1.29 is 18.7 Å². The fourth-order valence-corrected chi connectivity index (χ4v) is 2.14. The van der Waals surface area contributed by atoms with Crippen molar-refractivity contribution in [2.24, 2.45) is 5.92 Å². The smallest absolute Gasteiger partial charge is 0.309 e. The molecule has 0 radical (unpaired) electrons. The highest BCUT2D eigenvalue weighted by atomic mass is 19.1. The normalized spacial score (nSPS) is 15.6. The molecular formula is C14H15FO3. The van der Waals surface area contributed by atoms with Gasteiger partial charge in [0.25, 0.3) is 0 Å². The van der Waals surface area contributed by atoms with Crippen LogP contribution < -0.4 is 0 Å². The van der Waals surface area contributed by atoms with Gasteiger partial charge in [0.15, 0.2) is 12.4 Å². The van der Waals surface area contributed by atoms with Gasteiger partial charge < -0.3 is 4.74 Å². The minimum atomic E-state index is -0.394. The number of ether oxygens (including phenoxy) is 1. The third kappa shape index (κ3) is 3.15. The zero-order valence-corrected chi connectivity index (χ0v) is 10.0. The van der Waals surface area contributed by atoms with Crippen LogP contribution in [0.15, 0.2) is 24.3 Å². The summed E-state index contributed by atoms with van der Waals surface area (Å²) in [6.45, 7) is -0.263. The number of halogens is 1. The zero-order chi connectivity index (χ0) is 13.0. The summed E-state index contributed by atoms with van der Waals surface area (Å²) in [7, 11) is 0. The molecule has 3 nitrogen and oxygen atoms in total. The molecule has 96 valence electrons. The predicted molar refractivity (Wildman–Crippen MR) is 63.6 cm³/mol. The lowest BCUT2D eigenvalue weighted by Crippen LogP contribution is -2.19. The number of esters is 1. The van der Waals surface area contributed by atoms with E-state index in [0.717, 1.165) is 25.7 Å². The van der Waals surface area contributed by atoms with Crippen molar-refractivity contribution in [3.05, 3.63) is 35.6 Å². The molecule has 0 amide bonds. The van der Waals surface area contributed by atoms with Crippen LogP contribution in [0, 0.1) is 11.7 Å². The van der Waals surface area contributed by atoms with Gasteiger partial charge in [0.2, 0.25) is 0 Å². The fraction of sp³-hybridized carbons (Fsp3) is 0.429. The van der Waals surface area contributed by atoms with E-state index in [1.54, 1.807) is 0 Å². The molecule has 1 aliphatic carbocycles. The predicted octanol–water partition coefficient (Wildman–Crippen LogP) is 2.74. The van der Waals surface area contributed by atoms with Crippen LogP contribution >= 0.6 is 0 Å². The number of carbonyl (C=O) groups excluding carboxylic acids is 2. The third-order valence-electron chi connectivity index (χ3n) is 3.20. The van der Waals surface area contributed by atoms with Gasteiger partial charge in [-0.2, -0.15) is 0 Å². The molecule has 0 aromatic heterocycles. The zero-order valence-electron chi connectivity index (χ0n) is 10.0. The van der Waals surface area contributed by atoms with Gasteiger partial charge in [0, 0.05) is 5.56 Å². The fourth-order valence-electron chi connectivity index (χ4n) is 2.14. The summed E-state index contributed by atoms with van der Waals surface area (Å²) in [5.41, 5.74) is 0.357. The number of Topliss-reactive ketones (excluding diaryl/α,β-unsaturated/α-hetero) is 1. The van der Waals surface area contributed by atoms with Crippen molar-refractivity contribution in [3.63, 3.8) is 0 Å². The second kappa shape index (κ2) is 5.76. The van der Waals surface area contributed by atoms with Gasteiger partial charge in [-0.3, -0.25) is 9.59 Å². The van der Waals surface area contributed by atoms with Crippen LogP contribution in [0.5, 0.6) is 0 Å². The highest BCUT2D eigenvalue weighted by Gasteiger charge is 2.24. The molecule has 1 aliphatic rings. The Labute approximate surface area is 105 Å². The van der Waals surface area contributed by atoms with Gasteiger partial charge in [0.05, 0.1) is 5.92 Å². The average Bonchev–Trinajstić information content (AvgIpc) is 2.90. The van der Waals surface area contributed by atoms with Crippen LogP contribution in [0.3, 0.4) is 0 Å². The Balaban J connectivity index is 1.84. The molecule has 0 spiro atoms. The van der Waals surface area contributed by atoms with Crippen molar-refractivity contribution in [2.45, 2.75) is 25.7 Å². The second-order valence-electron chi connectivity index (χ2n) is 4.52. The minimum Gasteiger partial charge on any atom is -0.457 e. The molecule has 1 fully saturated rings. The van der Waals surface area contributed by atoms with E-state index in [1.807, 2.05) is 0 Å². The Hall–Kier alpha value is -1.71. The van der Waals surface area contributed by atoms with E-state index in [2.05, 4.69) is 0 Å². The molecule has 4 heteroatoms. The number of benzene rings is 1. The lowest BCUT2D eigenvalue weighted by Gasteiger charge is -2.08. The van der Waals surface area contributed by atoms with Crippen molar-refractivity contribution >= 4 is 11.8 Å². The summed E-state index contributed by atoms with van der Waals surface area (Å²) in [5.74, 6) is -1.04. The van der Waals surface area contributed by atoms with Gasteiger partial charge in [-0.15, -0.1) is 0 Å². The van der Waals surface area contributed by atoms with E-state index in [9.17, 15) is 14.0 Å². The second-order valence-corrected chi connectivity index (χ2v) is 4.52. The van der Waals surface area contributed by atoms with E-state index in [1.165, 1.54) is 24.3 Å². The summed E-state index contributed by atoms with van der Waals surface area (Å²) in [6, 6.07) is 5.21. The largest absolute Gasteiger partial charge is 0.457 e. The molecule has 1 saturated carbocycles. The number of rotatable bonds is 4. The van der Waals surface area contributed by atoms with Gasteiger partial charge >= 0.3 is 5.97 Å². The maximum atomic E-state index is 12.7. The summed E-state index contributed by atoms with van der Waals surface area (Å²) >= 11 is 0. The Kier molecular flexibility index (Phi) is 4.07. The van der Waals surface area contributed by atoms with Crippen molar-refractivity contribution in [1.29, 1.82) is 0 Å². The van der Waals surface area contributed by atoms with Crippen LogP contribution in [0.1, 0.15) is 36.0 Å². The van der Waals surface area contributed by atoms with E-state index in [4.69, 9.17) is 4.74 Å². The standard InChI is InChI=1S/C14H15FO3/c15-12-7-5-10(6-8-12)13(16)9-18-14(17)11-3-1-2-4-11/h5-8,11H,1-4,9H2. The summed E-state index contributed by atoms with van der Waals surface area (Å²) in [6.07, 6.45) is 3.80. The van der Waals surface area contributed by atoms with Crippen LogP contribution in [-0.4, -0.2) is 18.4 Å². The number of carbonyl (C=O) groups is 2. The molecule has 0 N–H and O–H groups in total. The lowest BCUT2D eigenvalue weighted by atomic mass is 10.1. The van der Waals surface area contributed by atoms with Crippen LogP contribution in [0.4, 0.5) is 4.39 Å². The topological polar surface area (TPSA) is 43.4 Å². The van der Waals surface area contributed by atoms with Crippen molar-refractivity contribution in [2.75, 3.05) is 6.61 Å². The monoisotopic (exact) mass is 250 g/mol. The molecule has 1 aromatic rings. The first-order chi connectivity index (χ1) is 8.66. The number of ketones is 1. The summed E-state index contributed by atoms with van der Waals surface area (Å²) < 4.78 is 17.7. The molecule has 0 atom stereocenters. The molecule has 0 unspecified atom stereocenters. The molecule has 0 aliphatic heterocycles. The molecule has 0 bridgehead atoms. The van der Waals surface area contributed by atoms with Gasteiger partial charge in [-0.25, -0.2) is 4.39 Å². The number of hydrogen-bond donors (Lipinski definition) is 0. The Bertz CT molecular complexity index is 433. The minimum absolute atomic E-state index is 0.0500. The first kappa shape index (κ1) is 12.7. The Morgan fingerprint density at radius 1 is 1.17 bits per heavy atom. The molecule has 0 saturated heterocycles. The first-order valence-corrected chi connectivity index (χ1v) is 6.12. The van der Waals surface area contributed by atoms with Crippen molar-refractivity contribution in [3.8, 4) is 0 Å². The van der Waals surface area contributed by atoms with Crippen molar-refractivity contribution in [1.82, 2.24) is 0 Å². The highest BCUT2D eigenvalue weighted by Crippen LogP contribution is 2.25. The molecule has 0 heterocycles. The van der Waals surface area contributed by atoms with Crippen LogP contribution in [0.25, 0.3) is 0 Å². The summed E-state index contributed by atoms with van der Waals surface area (Å²) in [5, 5.41) is 0. The molecule has 18 heavy (non-hydrogen) atoms. The SMILES string of the molecule is O=C(COC(=O)C1CCCC1)c1ccc(F)cc1. The van der Waals surface area contributed by atoms with Crippen LogP contribution in [0.2, 0.25) is 0 Å². The molecular weight excluding hydrogens is 235 g/mol. The van der Waals surface area contributed by atoms with Gasteiger partial charge in [0.1, 0.15) is 5.82 Å². The van der Waals surface area contributed by atoms with Crippen LogP contribution in [-0.2, 0) is 9.53 Å². The van der Waals surface area contributed by atoms with Gasteiger partial charge in [-0.05, 0) is 37.1 Å². The maximum Gasteiger partial charge on any atom is 0.309 e.